The maximum Gasteiger partial charge on any atom is 0.191 e. The second-order valence-corrected chi connectivity index (χ2v) is 7.49. The van der Waals surface area contributed by atoms with Gasteiger partial charge in [0.15, 0.2) is 5.96 Å². The molecular weight excluding hydrogens is 306 g/mol. The highest BCUT2D eigenvalue weighted by atomic mass is 32.2. The highest BCUT2D eigenvalue weighted by Crippen LogP contribution is 2.34. The van der Waals surface area contributed by atoms with Crippen LogP contribution >= 0.6 is 11.8 Å². The molecule has 0 spiro atoms. The molecule has 1 aliphatic rings. The van der Waals surface area contributed by atoms with E-state index < -0.39 is 0 Å². The Labute approximate surface area is 144 Å². The standard InChI is InChI=1S/C18H29N3OS/c1-3-19-17(20-14-16-8-6-5-7-9-16)21-15-18(23-4-2)10-12-22-13-11-18/h5-9H,3-4,10-15H2,1-2H3,(H2,19,20,21). The lowest BCUT2D eigenvalue weighted by Gasteiger charge is -2.37. The Morgan fingerprint density at radius 1 is 1.17 bits per heavy atom. The Morgan fingerprint density at radius 2 is 1.91 bits per heavy atom. The van der Waals surface area contributed by atoms with Crippen LogP contribution in [-0.4, -0.2) is 42.8 Å². The molecule has 4 nitrogen and oxygen atoms in total. The molecule has 0 bridgehead atoms. The molecule has 1 saturated heterocycles. The summed E-state index contributed by atoms with van der Waals surface area (Å²) in [5.41, 5.74) is 1.23. The fourth-order valence-corrected chi connectivity index (χ4v) is 4.00. The number of thioether (sulfide) groups is 1. The summed E-state index contributed by atoms with van der Waals surface area (Å²) in [6, 6.07) is 10.4. The highest BCUT2D eigenvalue weighted by Gasteiger charge is 2.32. The van der Waals surface area contributed by atoms with E-state index in [0.29, 0.717) is 6.54 Å². The first-order chi connectivity index (χ1) is 11.3. The normalized spacial score (nSPS) is 17.7. The lowest BCUT2D eigenvalue weighted by Crippen LogP contribution is -2.48. The molecule has 2 N–H and O–H groups in total. The molecule has 1 aromatic rings. The predicted molar refractivity (Wildman–Crippen MR) is 100 cm³/mol. The van der Waals surface area contributed by atoms with Crippen LogP contribution in [0, 0.1) is 0 Å². The minimum absolute atomic E-state index is 0.274. The van der Waals surface area contributed by atoms with E-state index in [0.717, 1.165) is 50.9 Å². The zero-order chi connectivity index (χ0) is 16.4. The maximum absolute atomic E-state index is 5.54. The van der Waals surface area contributed by atoms with Crippen molar-refractivity contribution in [2.75, 3.05) is 32.1 Å². The van der Waals surface area contributed by atoms with E-state index in [1.54, 1.807) is 0 Å². The average molecular weight is 336 g/mol. The second-order valence-electron chi connectivity index (χ2n) is 5.76. The van der Waals surface area contributed by atoms with Crippen molar-refractivity contribution in [2.24, 2.45) is 4.99 Å². The zero-order valence-corrected chi connectivity index (χ0v) is 15.1. The minimum atomic E-state index is 0.274. The third-order valence-electron chi connectivity index (χ3n) is 4.04. The third-order valence-corrected chi connectivity index (χ3v) is 5.49. The number of nitrogens with one attached hydrogen (secondary N) is 2. The van der Waals surface area contributed by atoms with Crippen LogP contribution in [0.5, 0.6) is 0 Å². The quantitative estimate of drug-likeness (QED) is 0.594. The van der Waals surface area contributed by atoms with Crippen LogP contribution in [-0.2, 0) is 11.3 Å². The number of nitrogens with zero attached hydrogens (tertiary/aromatic N) is 1. The van der Waals surface area contributed by atoms with Gasteiger partial charge in [0, 0.05) is 31.1 Å². The molecule has 0 aromatic heterocycles. The Bertz CT molecular complexity index is 467. The molecule has 0 aliphatic carbocycles. The summed E-state index contributed by atoms with van der Waals surface area (Å²) in [4.78, 5) is 4.71. The van der Waals surface area contributed by atoms with Crippen LogP contribution in [0.2, 0.25) is 0 Å². The lowest BCUT2D eigenvalue weighted by molar-refractivity contribution is 0.0782. The van der Waals surface area contributed by atoms with Gasteiger partial charge in [0.05, 0.1) is 6.54 Å². The summed E-state index contributed by atoms with van der Waals surface area (Å²) in [7, 11) is 0. The van der Waals surface area contributed by atoms with Crippen LogP contribution < -0.4 is 10.6 Å². The SMILES string of the molecule is CCNC(=NCc1ccccc1)NCC1(SCC)CCOCC1. The number of benzene rings is 1. The zero-order valence-electron chi connectivity index (χ0n) is 14.3. The summed E-state index contributed by atoms with van der Waals surface area (Å²) < 4.78 is 5.82. The van der Waals surface area contributed by atoms with Crippen LogP contribution in [0.25, 0.3) is 0 Å². The fourth-order valence-electron chi connectivity index (χ4n) is 2.76. The average Bonchev–Trinajstić information content (AvgIpc) is 2.59. The summed E-state index contributed by atoms with van der Waals surface area (Å²) in [6.07, 6.45) is 2.22. The van der Waals surface area contributed by atoms with Crippen molar-refractivity contribution in [3.05, 3.63) is 35.9 Å². The molecule has 0 saturated carbocycles. The van der Waals surface area contributed by atoms with Crippen molar-refractivity contribution in [2.45, 2.75) is 38.0 Å². The molecule has 0 atom stereocenters. The van der Waals surface area contributed by atoms with E-state index in [1.807, 2.05) is 17.8 Å². The van der Waals surface area contributed by atoms with Crippen molar-refractivity contribution in [3.8, 4) is 0 Å². The molecule has 1 aliphatic heterocycles. The van der Waals surface area contributed by atoms with Crippen molar-refractivity contribution in [1.29, 1.82) is 0 Å². The molecule has 5 heteroatoms. The second kappa shape index (κ2) is 9.83. The van der Waals surface area contributed by atoms with E-state index in [-0.39, 0.29) is 4.75 Å². The molecule has 0 radical (unpaired) electrons. The molecule has 0 unspecified atom stereocenters. The molecule has 1 fully saturated rings. The van der Waals surface area contributed by atoms with E-state index >= 15 is 0 Å². The topological polar surface area (TPSA) is 45.7 Å². The van der Waals surface area contributed by atoms with Gasteiger partial charge >= 0.3 is 0 Å². The van der Waals surface area contributed by atoms with Gasteiger partial charge < -0.3 is 15.4 Å². The monoisotopic (exact) mass is 335 g/mol. The van der Waals surface area contributed by atoms with E-state index in [1.165, 1.54) is 5.56 Å². The van der Waals surface area contributed by atoms with Crippen LogP contribution in [0.3, 0.4) is 0 Å². The van der Waals surface area contributed by atoms with Crippen LogP contribution in [0.15, 0.2) is 35.3 Å². The Kier molecular flexibility index (Phi) is 7.76. The Hall–Kier alpha value is -1.20. The van der Waals surface area contributed by atoms with E-state index in [4.69, 9.17) is 9.73 Å². The van der Waals surface area contributed by atoms with Gasteiger partial charge in [-0.1, -0.05) is 37.3 Å². The smallest absolute Gasteiger partial charge is 0.191 e. The molecule has 1 aromatic carbocycles. The van der Waals surface area contributed by atoms with Gasteiger partial charge in [-0.3, -0.25) is 0 Å². The first-order valence-corrected chi connectivity index (χ1v) is 9.54. The fraction of sp³-hybridized carbons (Fsp3) is 0.611. The Morgan fingerprint density at radius 3 is 2.57 bits per heavy atom. The van der Waals surface area contributed by atoms with Gasteiger partial charge in [0.2, 0.25) is 0 Å². The van der Waals surface area contributed by atoms with E-state index in [9.17, 15) is 0 Å². The number of rotatable bonds is 7. The highest BCUT2D eigenvalue weighted by molar-refractivity contribution is 8.00. The molecular formula is C18H29N3OS. The largest absolute Gasteiger partial charge is 0.381 e. The number of guanidine groups is 1. The van der Waals surface area contributed by atoms with Gasteiger partial charge in [0.1, 0.15) is 0 Å². The van der Waals surface area contributed by atoms with Gasteiger partial charge in [-0.05, 0) is 31.1 Å². The summed E-state index contributed by atoms with van der Waals surface area (Å²) >= 11 is 2.05. The van der Waals surface area contributed by atoms with Gasteiger partial charge in [-0.2, -0.15) is 11.8 Å². The van der Waals surface area contributed by atoms with Crippen LogP contribution in [0.1, 0.15) is 32.3 Å². The number of hydrogen-bond donors (Lipinski definition) is 2. The Balaban J connectivity index is 1.94. The molecule has 2 rings (SSSR count). The molecule has 0 amide bonds. The van der Waals surface area contributed by atoms with E-state index in [2.05, 4.69) is 48.7 Å². The molecule has 128 valence electrons. The van der Waals surface area contributed by atoms with Gasteiger partial charge in [-0.25, -0.2) is 4.99 Å². The molecule has 23 heavy (non-hydrogen) atoms. The lowest BCUT2D eigenvalue weighted by atomic mass is 9.99. The summed E-state index contributed by atoms with van der Waals surface area (Å²) in [6.45, 7) is 8.58. The number of hydrogen-bond acceptors (Lipinski definition) is 3. The van der Waals surface area contributed by atoms with Crippen molar-refractivity contribution in [1.82, 2.24) is 10.6 Å². The third kappa shape index (κ3) is 6.07. The first kappa shape index (κ1) is 18.1. The minimum Gasteiger partial charge on any atom is -0.381 e. The van der Waals surface area contributed by atoms with Crippen molar-refractivity contribution >= 4 is 17.7 Å². The summed E-state index contributed by atoms with van der Waals surface area (Å²) in [5, 5.41) is 6.90. The number of ether oxygens (including phenoxy) is 1. The van der Waals surface area contributed by atoms with Crippen LogP contribution in [0.4, 0.5) is 0 Å². The first-order valence-electron chi connectivity index (χ1n) is 8.56. The van der Waals surface area contributed by atoms with Crippen molar-refractivity contribution < 1.29 is 4.74 Å². The molecule has 1 heterocycles. The number of aliphatic imine (C=N–C) groups is 1. The maximum atomic E-state index is 5.54. The predicted octanol–water partition coefficient (Wildman–Crippen LogP) is 3.04. The van der Waals surface area contributed by atoms with Gasteiger partial charge in [0.25, 0.3) is 0 Å². The summed E-state index contributed by atoms with van der Waals surface area (Å²) in [5.74, 6) is 2.04. The van der Waals surface area contributed by atoms with Crippen molar-refractivity contribution in [3.63, 3.8) is 0 Å². The van der Waals surface area contributed by atoms with Gasteiger partial charge in [-0.15, -0.1) is 0 Å².